The molecule has 0 saturated heterocycles. The molecule has 0 aliphatic carbocycles. The van der Waals surface area contributed by atoms with Gasteiger partial charge in [0.05, 0.1) is 6.04 Å². The summed E-state index contributed by atoms with van der Waals surface area (Å²) in [6.07, 6.45) is 1.06. The van der Waals surface area contributed by atoms with Crippen LogP contribution in [-0.4, -0.2) is 0 Å². The van der Waals surface area contributed by atoms with Crippen molar-refractivity contribution in [2.24, 2.45) is 0 Å². The zero-order valence-electron chi connectivity index (χ0n) is 12.1. The molecule has 3 rings (SSSR count). The van der Waals surface area contributed by atoms with E-state index in [0.717, 1.165) is 6.42 Å². The number of nitrogens with one attached hydrogen (secondary N) is 1. The van der Waals surface area contributed by atoms with E-state index in [4.69, 9.17) is 0 Å². The quantitative estimate of drug-likeness (QED) is 0.610. The first-order valence-electron chi connectivity index (χ1n) is 7.33. The third-order valence-electron chi connectivity index (χ3n) is 3.65. The Hall–Kier alpha value is -2.06. The van der Waals surface area contributed by atoms with E-state index in [1.54, 1.807) is 11.3 Å². The molecule has 3 aromatic rings. The van der Waals surface area contributed by atoms with Crippen molar-refractivity contribution in [3.8, 4) is 10.4 Å². The molecular weight excluding hydrogens is 274 g/mol. The van der Waals surface area contributed by atoms with Crippen molar-refractivity contribution in [3.05, 3.63) is 77.7 Å². The molecule has 0 saturated carbocycles. The van der Waals surface area contributed by atoms with E-state index in [0.29, 0.717) is 6.04 Å². The highest BCUT2D eigenvalue weighted by molar-refractivity contribution is 7.13. The van der Waals surface area contributed by atoms with Crippen molar-refractivity contribution in [2.45, 2.75) is 19.4 Å². The lowest BCUT2D eigenvalue weighted by atomic mass is 10.0. The summed E-state index contributed by atoms with van der Waals surface area (Å²) >= 11 is 1.78. The van der Waals surface area contributed by atoms with E-state index in [-0.39, 0.29) is 0 Å². The van der Waals surface area contributed by atoms with Gasteiger partial charge < -0.3 is 5.32 Å². The summed E-state index contributed by atoms with van der Waals surface area (Å²) in [6.45, 7) is 2.22. The number of para-hydroxylation sites is 1. The number of thiophene rings is 1. The molecule has 2 heteroatoms. The van der Waals surface area contributed by atoms with Crippen LogP contribution < -0.4 is 5.32 Å². The van der Waals surface area contributed by atoms with Crippen molar-refractivity contribution in [1.29, 1.82) is 0 Å². The predicted molar refractivity (Wildman–Crippen MR) is 92.9 cm³/mol. The molecule has 1 aromatic heterocycles. The van der Waals surface area contributed by atoms with Crippen molar-refractivity contribution < 1.29 is 0 Å². The summed E-state index contributed by atoms with van der Waals surface area (Å²) in [6, 6.07) is 23.8. The fourth-order valence-corrected chi connectivity index (χ4v) is 3.32. The van der Waals surface area contributed by atoms with Gasteiger partial charge in [-0.2, -0.15) is 0 Å². The van der Waals surface area contributed by atoms with Gasteiger partial charge >= 0.3 is 0 Å². The Kier molecular flexibility index (Phi) is 4.37. The maximum absolute atomic E-state index is 3.71. The van der Waals surface area contributed by atoms with Gasteiger partial charge in [0.25, 0.3) is 0 Å². The van der Waals surface area contributed by atoms with Crippen LogP contribution in [0.1, 0.15) is 24.9 Å². The predicted octanol–water partition coefficient (Wildman–Crippen LogP) is 5.98. The molecule has 0 bridgehead atoms. The molecule has 21 heavy (non-hydrogen) atoms. The number of anilines is 1. The molecular formula is C19H19NS. The van der Waals surface area contributed by atoms with E-state index in [2.05, 4.69) is 84.4 Å². The van der Waals surface area contributed by atoms with Crippen LogP contribution in [-0.2, 0) is 0 Å². The molecule has 0 aliphatic heterocycles. The summed E-state index contributed by atoms with van der Waals surface area (Å²) in [5.74, 6) is 0. The number of hydrogen-bond donors (Lipinski definition) is 1. The van der Waals surface area contributed by atoms with Crippen LogP contribution in [0.15, 0.2) is 72.1 Å². The van der Waals surface area contributed by atoms with Crippen molar-refractivity contribution >= 4 is 17.0 Å². The molecule has 1 heterocycles. The minimum Gasteiger partial charge on any atom is -0.378 e. The molecule has 1 N–H and O–H groups in total. The van der Waals surface area contributed by atoms with Gasteiger partial charge in [-0.1, -0.05) is 61.5 Å². The Morgan fingerprint density at radius 2 is 1.67 bits per heavy atom. The van der Waals surface area contributed by atoms with Gasteiger partial charge in [-0.3, -0.25) is 0 Å². The van der Waals surface area contributed by atoms with E-state index >= 15 is 0 Å². The van der Waals surface area contributed by atoms with Crippen LogP contribution in [0.25, 0.3) is 10.4 Å². The second-order valence-electron chi connectivity index (χ2n) is 5.04. The molecule has 0 fully saturated rings. The van der Waals surface area contributed by atoms with Gasteiger partial charge in [0.1, 0.15) is 0 Å². The highest BCUT2D eigenvalue weighted by atomic mass is 32.1. The zero-order valence-corrected chi connectivity index (χ0v) is 12.9. The van der Waals surface area contributed by atoms with Crippen LogP contribution in [0.4, 0.5) is 5.69 Å². The van der Waals surface area contributed by atoms with Crippen molar-refractivity contribution in [3.63, 3.8) is 0 Å². The van der Waals surface area contributed by atoms with Crippen molar-refractivity contribution in [2.75, 3.05) is 5.32 Å². The topological polar surface area (TPSA) is 12.0 Å². The lowest BCUT2D eigenvalue weighted by Gasteiger charge is -2.20. The first-order valence-corrected chi connectivity index (χ1v) is 8.21. The lowest BCUT2D eigenvalue weighted by Crippen LogP contribution is -2.10. The Morgan fingerprint density at radius 3 is 2.38 bits per heavy atom. The second-order valence-corrected chi connectivity index (χ2v) is 5.99. The van der Waals surface area contributed by atoms with Gasteiger partial charge in [0.2, 0.25) is 0 Å². The van der Waals surface area contributed by atoms with Crippen molar-refractivity contribution in [1.82, 2.24) is 0 Å². The average Bonchev–Trinajstić information content (AvgIpc) is 3.08. The fraction of sp³-hybridized carbons (Fsp3) is 0.158. The zero-order chi connectivity index (χ0) is 14.5. The molecule has 0 radical (unpaired) electrons. The molecule has 0 spiro atoms. The summed E-state index contributed by atoms with van der Waals surface area (Å²) in [4.78, 5) is 1.31. The standard InChI is InChI=1S/C19H19NS/c1-2-17(15-9-4-3-5-10-15)20-18-12-7-6-11-16(18)19-13-8-14-21-19/h3-14,17,20H,2H2,1H3. The van der Waals surface area contributed by atoms with E-state index in [1.807, 2.05) is 0 Å². The molecule has 1 nitrogen and oxygen atoms in total. The molecule has 1 atom stereocenters. The van der Waals surface area contributed by atoms with Crippen LogP contribution in [0.2, 0.25) is 0 Å². The molecule has 2 aromatic carbocycles. The molecule has 0 amide bonds. The largest absolute Gasteiger partial charge is 0.378 e. The van der Waals surface area contributed by atoms with Gasteiger partial charge in [0, 0.05) is 16.1 Å². The average molecular weight is 293 g/mol. The van der Waals surface area contributed by atoms with Crippen LogP contribution in [0, 0.1) is 0 Å². The van der Waals surface area contributed by atoms with Crippen LogP contribution >= 0.6 is 11.3 Å². The highest BCUT2D eigenvalue weighted by Crippen LogP contribution is 2.34. The molecule has 106 valence electrons. The summed E-state index contributed by atoms with van der Waals surface area (Å²) < 4.78 is 0. The first-order chi connectivity index (χ1) is 10.4. The normalized spacial score (nSPS) is 12.0. The Labute approximate surface area is 130 Å². The third-order valence-corrected chi connectivity index (χ3v) is 4.56. The SMILES string of the molecule is CCC(Nc1ccccc1-c1cccs1)c1ccccc1. The Bertz CT molecular complexity index is 674. The van der Waals surface area contributed by atoms with E-state index in [9.17, 15) is 0 Å². The number of rotatable bonds is 5. The molecule has 1 unspecified atom stereocenters. The first kappa shape index (κ1) is 13.9. The fourth-order valence-electron chi connectivity index (χ4n) is 2.55. The second kappa shape index (κ2) is 6.59. The lowest BCUT2D eigenvalue weighted by molar-refractivity contribution is 0.750. The van der Waals surface area contributed by atoms with Gasteiger partial charge in [-0.05, 0) is 29.5 Å². The Morgan fingerprint density at radius 1 is 0.905 bits per heavy atom. The van der Waals surface area contributed by atoms with Gasteiger partial charge in [-0.15, -0.1) is 11.3 Å². The summed E-state index contributed by atoms with van der Waals surface area (Å²) in [5.41, 5.74) is 3.82. The minimum absolute atomic E-state index is 0.340. The summed E-state index contributed by atoms with van der Waals surface area (Å²) in [5, 5.41) is 5.83. The smallest absolute Gasteiger partial charge is 0.0511 e. The maximum Gasteiger partial charge on any atom is 0.0511 e. The minimum atomic E-state index is 0.340. The van der Waals surface area contributed by atoms with Gasteiger partial charge in [-0.25, -0.2) is 0 Å². The van der Waals surface area contributed by atoms with Gasteiger partial charge in [0.15, 0.2) is 0 Å². The monoisotopic (exact) mass is 293 g/mol. The number of benzene rings is 2. The third kappa shape index (κ3) is 3.17. The van der Waals surface area contributed by atoms with Crippen LogP contribution in [0.3, 0.4) is 0 Å². The van der Waals surface area contributed by atoms with Crippen LogP contribution in [0.5, 0.6) is 0 Å². The molecule has 0 aliphatic rings. The number of hydrogen-bond acceptors (Lipinski definition) is 2. The highest BCUT2D eigenvalue weighted by Gasteiger charge is 2.12. The van der Waals surface area contributed by atoms with E-state index < -0.39 is 0 Å². The Balaban J connectivity index is 1.91. The van der Waals surface area contributed by atoms with E-state index in [1.165, 1.54) is 21.7 Å². The maximum atomic E-state index is 3.71. The summed E-state index contributed by atoms with van der Waals surface area (Å²) in [7, 11) is 0.